The van der Waals surface area contributed by atoms with Crippen LogP contribution in [0.1, 0.15) is 43.1 Å². The molecule has 1 unspecified atom stereocenters. The Morgan fingerprint density at radius 2 is 2.10 bits per heavy atom. The van der Waals surface area contributed by atoms with E-state index in [1.165, 1.54) is 36.8 Å². The van der Waals surface area contributed by atoms with Gasteiger partial charge in [0.15, 0.2) is 0 Å². The van der Waals surface area contributed by atoms with Crippen LogP contribution >= 0.6 is 0 Å². The van der Waals surface area contributed by atoms with Crippen LogP contribution in [0.2, 0.25) is 0 Å². The molecule has 1 aliphatic carbocycles. The SMILES string of the molecule is CCCNCC1(Cc2ccco2)CCCc2ccccc21. The molecule has 0 fully saturated rings. The topological polar surface area (TPSA) is 25.2 Å². The maximum Gasteiger partial charge on any atom is 0.104 e. The molecule has 1 atom stereocenters. The second kappa shape index (κ2) is 6.48. The molecule has 1 aromatic carbocycles. The number of hydrogen-bond donors (Lipinski definition) is 1. The second-order valence-corrected chi connectivity index (χ2v) is 6.22. The first-order valence-corrected chi connectivity index (χ1v) is 8.15. The van der Waals surface area contributed by atoms with Crippen molar-refractivity contribution in [1.82, 2.24) is 5.32 Å². The van der Waals surface area contributed by atoms with Gasteiger partial charge in [-0.1, -0.05) is 31.2 Å². The molecule has 0 aliphatic heterocycles. The summed E-state index contributed by atoms with van der Waals surface area (Å²) in [6.07, 6.45) is 7.68. The fourth-order valence-corrected chi connectivity index (χ4v) is 3.69. The summed E-state index contributed by atoms with van der Waals surface area (Å²) in [4.78, 5) is 0. The minimum atomic E-state index is 0.182. The van der Waals surface area contributed by atoms with Crippen LogP contribution in [0.15, 0.2) is 47.1 Å². The Balaban J connectivity index is 1.92. The van der Waals surface area contributed by atoms with Crippen molar-refractivity contribution >= 4 is 0 Å². The van der Waals surface area contributed by atoms with Gasteiger partial charge in [0.1, 0.15) is 5.76 Å². The summed E-state index contributed by atoms with van der Waals surface area (Å²) in [7, 11) is 0. The molecule has 0 bridgehead atoms. The highest BCUT2D eigenvalue weighted by Crippen LogP contribution is 2.39. The Hall–Kier alpha value is -1.54. The minimum Gasteiger partial charge on any atom is -0.469 e. The fourth-order valence-electron chi connectivity index (χ4n) is 3.69. The summed E-state index contributed by atoms with van der Waals surface area (Å²) in [6, 6.07) is 13.1. The lowest BCUT2D eigenvalue weighted by Gasteiger charge is -2.39. The van der Waals surface area contributed by atoms with Crippen molar-refractivity contribution in [1.29, 1.82) is 0 Å². The Morgan fingerprint density at radius 3 is 2.90 bits per heavy atom. The van der Waals surface area contributed by atoms with E-state index in [1.54, 1.807) is 6.26 Å². The van der Waals surface area contributed by atoms with Crippen molar-refractivity contribution in [3.8, 4) is 0 Å². The maximum absolute atomic E-state index is 5.65. The Bertz CT molecular complexity index is 561. The number of fused-ring (bicyclic) bond motifs is 1. The Morgan fingerprint density at radius 1 is 1.19 bits per heavy atom. The molecule has 1 aromatic heterocycles. The fraction of sp³-hybridized carbons (Fsp3) is 0.474. The smallest absolute Gasteiger partial charge is 0.104 e. The predicted octanol–water partition coefficient (Wildman–Crippen LogP) is 4.10. The van der Waals surface area contributed by atoms with E-state index >= 15 is 0 Å². The minimum absolute atomic E-state index is 0.182. The van der Waals surface area contributed by atoms with Gasteiger partial charge >= 0.3 is 0 Å². The van der Waals surface area contributed by atoms with Crippen LogP contribution in [0, 0.1) is 0 Å². The molecule has 3 rings (SSSR count). The molecule has 0 amide bonds. The molecule has 2 aromatic rings. The van der Waals surface area contributed by atoms with Crippen LogP contribution < -0.4 is 5.32 Å². The van der Waals surface area contributed by atoms with Crippen molar-refractivity contribution in [3.63, 3.8) is 0 Å². The molecule has 0 spiro atoms. The van der Waals surface area contributed by atoms with Crippen LogP contribution in [0.4, 0.5) is 0 Å². The number of furan rings is 1. The molecule has 1 aliphatic rings. The van der Waals surface area contributed by atoms with Crippen LogP contribution in [-0.4, -0.2) is 13.1 Å². The largest absolute Gasteiger partial charge is 0.469 e. The highest BCUT2D eigenvalue weighted by Gasteiger charge is 2.36. The summed E-state index contributed by atoms with van der Waals surface area (Å²) >= 11 is 0. The molecule has 1 heterocycles. The van der Waals surface area contributed by atoms with Gasteiger partial charge in [0.25, 0.3) is 0 Å². The van der Waals surface area contributed by atoms with Crippen molar-refractivity contribution in [3.05, 3.63) is 59.5 Å². The van der Waals surface area contributed by atoms with Gasteiger partial charge in [-0.05, 0) is 55.5 Å². The van der Waals surface area contributed by atoms with E-state index in [1.807, 2.05) is 6.07 Å². The van der Waals surface area contributed by atoms with E-state index in [-0.39, 0.29) is 5.41 Å². The van der Waals surface area contributed by atoms with E-state index in [2.05, 4.69) is 42.6 Å². The third kappa shape index (κ3) is 3.06. The van der Waals surface area contributed by atoms with E-state index < -0.39 is 0 Å². The van der Waals surface area contributed by atoms with Crippen LogP contribution in [0.5, 0.6) is 0 Å². The average Bonchev–Trinajstić information content (AvgIpc) is 3.01. The zero-order valence-corrected chi connectivity index (χ0v) is 12.9. The van der Waals surface area contributed by atoms with Gasteiger partial charge in [0, 0.05) is 18.4 Å². The molecular weight excluding hydrogens is 258 g/mol. The van der Waals surface area contributed by atoms with Gasteiger partial charge in [-0.25, -0.2) is 0 Å². The van der Waals surface area contributed by atoms with Crippen LogP contribution in [0.25, 0.3) is 0 Å². The standard InChI is InChI=1S/C19H25NO/c1-2-12-20-15-19(14-17-9-6-13-21-17)11-5-8-16-7-3-4-10-18(16)19/h3-4,6-7,9-10,13,20H,2,5,8,11-12,14-15H2,1H3. The molecule has 0 saturated carbocycles. The lowest BCUT2D eigenvalue weighted by atomic mass is 9.67. The highest BCUT2D eigenvalue weighted by atomic mass is 16.3. The normalized spacial score (nSPS) is 21.2. The maximum atomic E-state index is 5.65. The average molecular weight is 283 g/mol. The van der Waals surface area contributed by atoms with Gasteiger partial charge in [0.05, 0.1) is 6.26 Å². The molecule has 0 radical (unpaired) electrons. The van der Waals surface area contributed by atoms with Crippen molar-refractivity contribution < 1.29 is 4.42 Å². The van der Waals surface area contributed by atoms with Gasteiger partial charge in [-0.3, -0.25) is 0 Å². The van der Waals surface area contributed by atoms with E-state index in [4.69, 9.17) is 4.42 Å². The Labute approximate surface area is 127 Å². The molecule has 0 saturated heterocycles. The number of nitrogens with one attached hydrogen (secondary N) is 1. The lowest BCUT2D eigenvalue weighted by molar-refractivity contribution is 0.313. The highest BCUT2D eigenvalue weighted by molar-refractivity contribution is 5.38. The van der Waals surface area contributed by atoms with Gasteiger partial charge in [-0.15, -0.1) is 0 Å². The number of aryl methyl sites for hydroxylation is 1. The Kier molecular flexibility index (Phi) is 4.45. The summed E-state index contributed by atoms with van der Waals surface area (Å²) in [5, 5.41) is 3.66. The molecule has 2 nitrogen and oxygen atoms in total. The summed E-state index contributed by atoms with van der Waals surface area (Å²) in [5.74, 6) is 1.10. The van der Waals surface area contributed by atoms with Gasteiger partial charge in [0.2, 0.25) is 0 Å². The van der Waals surface area contributed by atoms with Gasteiger partial charge in [-0.2, -0.15) is 0 Å². The predicted molar refractivity (Wildman–Crippen MR) is 86.6 cm³/mol. The zero-order chi connectivity index (χ0) is 14.5. The molecule has 21 heavy (non-hydrogen) atoms. The monoisotopic (exact) mass is 283 g/mol. The van der Waals surface area contributed by atoms with Crippen LogP contribution in [-0.2, 0) is 18.3 Å². The first kappa shape index (κ1) is 14.4. The van der Waals surface area contributed by atoms with E-state index in [0.717, 1.165) is 25.3 Å². The molecule has 112 valence electrons. The molecular formula is C19H25NO. The van der Waals surface area contributed by atoms with E-state index in [9.17, 15) is 0 Å². The van der Waals surface area contributed by atoms with Crippen LogP contribution in [0.3, 0.4) is 0 Å². The first-order chi connectivity index (χ1) is 10.3. The number of benzene rings is 1. The van der Waals surface area contributed by atoms with Gasteiger partial charge < -0.3 is 9.73 Å². The number of rotatable bonds is 6. The third-order valence-corrected chi connectivity index (χ3v) is 4.67. The molecule has 1 N–H and O–H groups in total. The summed E-state index contributed by atoms with van der Waals surface area (Å²) in [5.41, 5.74) is 3.23. The van der Waals surface area contributed by atoms with Crippen molar-refractivity contribution in [2.45, 2.75) is 44.4 Å². The van der Waals surface area contributed by atoms with Crippen molar-refractivity contribution in [2.24, 2.45) is 0 Å². The van der Waals surface area contributed by atoms with E-state index in [0.29, 0.717) is 0 Å². The summed E-state index contributed by atoms with van der Waals surface area (Å²) < 4.78 is 5.65. The zero-order valence-electron chi connectivity index (χ0n) is 12.9. The van der Waals surface area contributed by atoms with Crippen molar-refractivity contribution in [2.75, 3.05) is 13.1 Å². The number of hydrogen-bond acceptors (Lipinski definition) is 2. The lowest BCUT2D eigenvalue weighted by Crippen LogP contribution is -2.43. The quantitative estimate of drug-likeness (QED) is 0.808. The first-order valence-electron chi connectivity index (χ1n) is 8.15. The molecule has 2 heteroatoms. The third-order valence-electron chi connectivity index (χ3n) is 4.67. The second-order valence-electron chi connectivity index (χ2n) is 6.22. The summed E-state index contributed by atoms with van der Waals surface area (Å²) in [6.45, 7) is 4.35.